The molecule has 1 fully saturated rings. The lowest BCUT2D eigenvalue weighted by atomic mass is 9.86. The van der Waals surface area contributed by atoms with Gasteiger partial charge in [0, 0.05) is 0 Å². The Bertz CT molecular complexity index is 161. The fraction of sp³-hybridized carbons (Fsp3) is 1.00. The molecule has 1 aliphatic carbocycles. The summed E-state index contributed by atoms with van der Waals surface area (Å²) < 4.78 is 0. The molecule has 1 rings (SSSR count). The summed E-state index contributed by atoms with van der Waals surface area (Å²) in [6.07, 6.45) is 16.1. The maximum Gasteiger partial charge on any atom is -0.00209 e. The molecule has 0 aliphatic heterocycles. The van der Waals surface area contributed by atoms with Crippen LogP contribution >= 0.6 is 0 Å². The first-order valence-electron chi connectivity index (χ1n) is 8.03. The maximum atomic E-state index is 3.41. The average molecular weight is 239 g/mol. The Balaban J connectivity index is 2.07. The van der Waals surface area contributed by atoms with E-state index in [1.54, 1.807) is 0 Å². The normalized spacial score (nSPS) is 18.7. The SMILES string of the molecule is CCCCCCCCC(CNC)C1CCCC1. The summed E-state index contributed by atoms with van der Waals surface area (Å²) in [4.78, 5) is 0. The van der Waals surface area contributed by atoms with Gasteiger partial charge in [0.25, 0.3) is 0 Å². The van der Waals surface area contributed by atoms with Crippen LogP contribution in [-0.4, -0.2) is 13.6 Å². The zero-order chi connectivity index (χ0) is 12.3. The van der Waals surface area contributed by atoms with Gasteiger partial charge in [-0.25, -0.2) is 0 Å². The van der Waals surface area contributed by atoms with Crippen LogP contribution in [0.5, 0.6) is 0 Å². The molecule has 1 N–H and O–H groups in total. The third-order valence-electron chi connectivity index (χ3n) is 4.46. The Morgan fingerprint density at radius 3 is 2.29 bits per heavy atom. The van der Waals surface area contributed by atoms with Crippen molar-refractivity contribution in [3.8, 4) is 0 Å². The molecule has 0 heterocycles. The van der Waals surface area contributed by atoms with Gasteiger partial charge in [-0.1, -0.05) is 71.1 Å². The quantitative estimate of drug-likeness (QED) is 0.542. The predicted molar refractivity (Wildman–Crippen MR) is 77.4 cm³/mol. The van der Waals surface area contributed by atoms with Gasteiger partial charge >= 0.3 is 0 Å². The van der Waals surface area contributed by atoms with Crippen molar-refractivity contribution >= 4 is 0 Å². The Hall–Kier alpha value is -0.0400. The number of hydrogen-bond donors (Lipinski definition) is 1. The first kappa shape index (κ1) is 15.0. The standard InChI is InChI=1S/C16H33N/c1-3-4-5-6-7-8-13-16(14-17-2)15-11-9-10-12-15/h15-17H,3-14H2,1-2H3. The molecule has 0 saturated heterocycles. The summed E-state index contributed by atoms with van der Waals surface area (Å²) in [6, 6.07) is 0. The van der Waals surface area contributed by atoms with E-state index in [2.05, 4.69) is 19.3 Å². The van der Waals surface area contributed by atoms with Crippen LogP contribution in [0.15, 0.2) is 0 Å². The number of hydrogen-bond acceptors (Lipinski definition) is 1. The van der Waals surface area contributed by atoms with E-state index in [4.69, 9.17) is 0 Å². The molecule has 17 heavy (non-hydrogen) atoms. The Kier molecular flexibility index (Phi) is 8.78. The van der Waals surface area contributed by atoms with Crippen molar-refractivity contribution in [1.82, 2.24) is 5.32 Å². The zero-order valence-electron chi connectivity index (χ0n) is 12.1. The van der Waals surface area contributed by atoms with Crippen molar-refractivity contribution in [3.05, 3.63) is 0 Å². The molecule has 1 unspecified atom stereocenters. The van der Waals surface area contributed by atoms with Crippen molar-refractivity contribution in [2.75, 3.05) is 13.6 Å². The van der Waals surface area contributed by atoms with E-state index in [0.29, 0.717) is 0 Å². The molecule has 0 aromatic carbocycles. The van der Waals surface area contributed by atoms with Crippen LogP contribution in [0.4, 0.5) is 0 Å². The van der Waals surface area contributed by atoms with E-state index in [0.717, 1.165) is 11.8 Å². The van der Waals surface area contributed by atoms with Gasteiger partial charge in [-0.3, -0.25) is 0 Å². The van der Waals surface area contributed by atoms with E-state index in [1.807, 2.05) is 0 Å². The summed E-state index contributed by atoms with van der Waals surface area (Å²) in [7, 11) is 2.11. The summed E-state index contributed by atoms with van der Waals surface area (Å²) in [5, 5.41) is 3.41. The minimum atomic E-state index is 0.966. The molecule has 102 valence electrons. The van der Waals surface area contributed by atoms with Crippen molar-refractivity contribution < 1.29 is 0 Å². The van der Waals surface area contributed by atoms with Crippen LogP contribution in [-0.2, 0) is 0 Å². The maximum absolute atomic E-state index is 3.41. The topological polar surface area (TPSA) is 12.0 Å². The minimum Gasteiger partial charge on any atom is -0.319 e. The van der Waals surface area contributed by atoms with Crippen LogP contribution in [0, 0.1) is 11.8 Å². The van der Waals surface area contributed by atoms with Gasteiger partial charge in [0.15, 0.2) is 0 Å². The van der Waals surface area contributed by atoms with Crippen LogP contribution in [0.3, 0.4) is 0 Å². The van der Waals surface area contributed by atoms with Crippen molar-refractivity contribution in [2.45, 2.75) is 77.6 Å². The first-order chi connectivity index (χ1) is 8.38. The molecule has 0 amide bonds. The molecule has 1 heteroatoms. The zero-order valence-corrected chi connectivity index (χ0v) is 12.1. The summed E-state index contributed by atoms with van der Waals surface area (Å²) in [6.45, 7) is 3.54. The van der Waals surface area contributed by atoms with E-state index in [1.165, 1.54) is 77.2 Å². The highest BCUT2D eigenvalue weighted by Gasteiger charge is 2.23. The Labute approximate surface area is 109 Å². The molecular formula is C16H33N. The molecule has 0 bridgehead atoms. The van der Waals surface area contributed by atoms with Gasteiger partial charge in [0.2, 0.25) is 0 Å². The van der Waals surface area contributed by atoms with Gasteiger partial charge in [0.1, 0.15) is 0 Å². The van der Waals surface area contributed by atoms with Crippen LogP contribution in [0.1, 0.15) is 77.6 Å². The van der Waals surface area contributed by atoms with E-state index in [-0.39, 0.29) is 0 Å². The van der Waals surface area contributed by atoms with Crippen molar-refractivity contribution in [3.63, 3.8) is 0 Å². The smallest absolute Gasteiger partial charge is 0.00209 e. The van der Waals surface area contributed by atoms with Crippen LogP contribution in [0.25, 0.3) is 0 Å². The molecule has 0 aromatic rings. The van der Waals surface area contributed by atoms with Crippen molar-refractivity contribution in [2.24, 2.45) is 11.8 Å². The largest absolute Gasteiger partial charge is 0.319 e. The highest BCUT2D eigenvalue weighted by atomic mass is 14.8. The number of rotatable bonds is 10. The molecule has 1 saturated carbocycles. The highest BCUT2D eigenvalue weighted by molar-refractivity contribution is 4.76. The Morgan fingerprint density at radius 1 is 1.00 bits per heavy atom. The highest BCUT2D eigenvalue weighted by Crippen LogP contribution is 2.33. The summed E-state index contributed by atoms with van der Waals surface area (Å²) in [5.74, 6) is 2.01. The average Bonchev–Trinajstić information content (AvgIpc) is 2.86. The first-order valence-corrected chi connectivity index (χ1v) is 8.03. The fourth-order valence-electron chi connectivity index (χ4n) is 3.38. The third kappa shape index (κ3) is 6.45. The molecule has 1 nitrogen and oxygen atoms in total. The number of unbranched alkanes of at least 4 members (excludes halogenated alkanes) is 5. The number of nitrogens with one attached hydrogen (secondary N) is 1. The van der Waals surface area contributed by atoms with E-state index < -0.39 is 0 Å². The molecule has 0 spiro atoms. The molecule has 0 aromatic heterocycles. The van der Waals surface area contributed by atoms with Crippen molar-refractivity contribution in [1.29, 1.82) is 0 Å². The summed E-state index contributed by atoms with van der Waals surface area (Å²) >= 11 is 0. The Morgan fingerprint density at radius 2 is 1.65 bits per heavy atom. The van der Waals surface area contributed by atoms with E-state index >= 15 is 0 Å². The van der Waals surface area contributed by atoms with Crippen LogP contribution in [0.2, 0.25) is 0 Å². The van der Waals surface area contributed by atoms with Gasteiger partial charge in [0.05, 0.1) is 0 Å². The molecule has 1 atom stereocenters. The lowest BCUT2D eigenvalue weighted by Crippen LogP contribution is -2.24. The fourth-order valence-corrected chi connectivity index (χ4v) is 3.38. The summed E-state index contributed by atoms with van der Waals surface area (Å²) in [5.41, 5.74) is 0. The van der Waals surface area contributed by atoms with Gasteiger partial charge in [-0.2, -0.15) is 0 Å². The molecular weight excluding hydrogens is 206 g/mol. The molecule has 0 radical (unpaired) electrons. The monoisotopic (exact) mass is 239 g/mol. The second-order valence-corrected chi connectivity index (χ2v) is 5.92. The lowest BCUT2D eigenvalue weighted by Gasteiger charge is -2.23. The van der Waals surface area contributed by atoms with E-state index in [9.17, 15) is 0 Å². The minimum absolute atomic E-state index is 0.966. The van der Waals surface area contributed by atoms with Gasteiger partial charge in [-0.05, 0) is 31.8 Å². The predicted octanol–water partition coefficient (Wildman–Crippen LogP) is 4.76. The lowest BCUT2D eigenvalue weighted by molar-refractivity contribution is 0.301. The second kappa shape index (κ2) is 9.94. The van der Waals surface area contributed by atoms with Crippen LogP contribution < -0.4 is 5.32 Å². The molecule has 1 aliphatic rings. The third-order valence-corrected chi connectivity index (χ3v) is 4.46. The second-order valence-electron chi connectivity index (χ2n) is 5.92. The van der Waals surface area contributed by atoms with Gasteiger partial charge in [-0.15, -0.1) is 0 Å². The van der Waals surface area contributed by atoms with Gasteiger partial charge < -0.3 is 5.32 Å².